The van der Waals surface area contributed by atoms with Gasteiger partial charge in [0.2, 0.25) is 0 Å². The predicted octanol–water partition coefficient (Wildman–Crippen LogP) is 7.40. The van der Waals surface area contributed by atoms with Crippen molar-refractivity contribution in [3.05, 3.63) is 87.0 Å². The SMILES string of the molecule is Cc1nc(-c2cc3c(=O)n(C)cc(-c4cc(C(C)(C)O)ccc4Oc4c(C)cc(F)cc4C)c3o2)c(C(C)C)[nH]1. The molecular weight excluding hydrogens is 509 g/mol. The highest BCUT2D eigenvalue weighted by Crippen LogP contribution is 2.42. The van der Waals surface area contributed by atoms with E-state index < -0.39 is 5.60 Å². The molecule has 0 spiro atoms. The van der Waals surface area contributed by atoms with Crippen LogP contribution in [0.5, 0.6) is 11.5 Å². The van der Waals surface area contributed by atoms with Gasteiger partial charge in [-0.3, -0.25) is 4.79 Å². The molecule has 0 unspecified atom stereocenters. The van der Waals surface area contributed by atoms with Crippen molar-refractivity contribution in [2.24, 2.45) is 7.05 Å². The second-order valence-electron chi connectivity index (χ2n) is 11.3. The number of fused-ring (bicyclic) bond motifs is 1. The minimum absolute atomic E-state index is 0.164. The van der Waals surface area contributed by atoms with Crippen LogP contribution in [0, 0.1) is 26.6 Å². The van der Waals surface area contributed by atoms with Gasteiger partial charge >= 0.3 is 0 Å². The summed E-state index contributed by atoms with van der Waals surface area (Å²) in [6.07, 6.45) is 1.71. The summed E-state index contributed by atoms with van der Waals surface area (Å²) in [5.41, 5.74) is 3.81. The summed E-state index contributed by atoms with van der Waals surface area (Å²) >= 11 is 0. The van der Waals surface area contributed by atoms with Gasteiger partial charge in [-0.2, -0.15) is 0 Å². The fourth-order valence-electron chi connectivity index (χ4n) is 5.05. The Bertz CT molecular complexity index is 1800. The van der Waals surface area contributed by atoms with Gasteiger partial charge in [-0.15, -0.1) is 0 Å². The molecule has 40 heavy (non-hydrogen) atoms. The molecule has 3 heterocycles. The Balaban J connectivity index is 1.79. The fourth-order valence-corrected chi connectivity index (χ4v) is 5.05. The molecule has 2 N–H and O–H groups in total. The van der Waals surface area contributed by atoms with Crippen LogP contribution in [0.15, 0.2) is 51.8 Å². The smallest absolute Gasteiger partial charge is 0.261 e. The number of imidazole rings is 1. The number of ether oxygens (including phenoxy) is 1. The molecule has 7 nitrogen and oxygen atoms in total. The van der Waals surface area contributed by atoms with Crippen LogP contribution in [0.1, 0.15) is 61.8 Å². The molecular formula is C32H34FN3O4. The first-order valence-electron chi connectivity index (χ1n) is 13.3. The molecule has 5 rings (SSSR count). The summed E-state index contributed by atoms with van der Waals surface area (Å²) < 4.78 is 28.4. The summed E-state index contributed by atoms with van der Waals surface area (Å²) in [7, 11) is 1.69. The van der Waals surface area contributed by atoms with Gasteiger partial charge in [0.25, 0.3) is 5.56 Å². The van der Waals surface area contributed by atoms with E-state index in [1.807, 2.05) is 13.0 Å². The molecule has 0 aliphatic carbocycles. The molecule has 0 atom stereocenters. The number of pyridine rings is 1. The van der Waals surface area contributed by atoms with Crippen LogP contribution in [0.4, 0.5) is 4.39 Å². The molecule has 0 radical (unpaired) electrons. The molecule has 0 aliphatic heterocycles. The van der Waals surface area contributed by atoms with Gasteiger partial charge in [0.15, 0.2) is 5.76 Å². The van der Waals surface area contributed by atoms with Crippen molar-refractivity contribution in [3.63, 3.8) is 0 Å². The number of benzene rings is 2. The van der Waals surface area contributed by atoms with Crippen molar-refractivity contribution in [1.29, 1.82) is 0 Å². The highest BCUT2D eigenvalue weighted by Gasteiger charge is 2.25. The Morgan fingerprint density at radius 1 is 1.07 bits per heavy atom. The largest absolute Gasteiger partial charge is 0.456 e. The normalized spacial score (nSPS) is 12.1. The van der Waals surface area contributed by atoms with Crippen LogP contribution in [0.3, 0.4) is 0 Å². The lowest BCUT2D eigenvalue weighted by Crippen LogP contribution is -2.17. The van der Waals surface area contributed by atoms with Crippen molar-refractivity contribution < 1.29 is 18.7 Å². The van der Waals surface area contributed by atoms with Crippen LogP contribution < -0.4 is 10.3 Å². The van der Waals surface area contributed by atoms with E-state index in [9.17, 15) is 14.3 Å². The zero-order valence-corrected chi connectivity index (χ0v) is 24.1. The summed E-state index contributed by atoms with van der Waals surface area (Å²) in [4.78, 5) is 21.2. The zero-order chi connectivity index (χ0) is 29.1. The van der Waals surface area contributed by atoms with Crippen LogP contribution in [-0.2, 0) is 12.6 Å². The van der Waals surface area contributed by atoms with E-state index in [2.05, 4.69) is 23.8 Å². The number of hydrogen-bond donors (Lipinski definition) is 2. The second kappa shape index (κ2) is 9.78. The summed E-state index contributed by atoms with van der Waals surface area (Å²) in [5, 5.41) is 11.2. The monoisotopic (exact) mass is 543 g/mol. The Hall–Kier alpha value is -4.17. The summed E-state index contributed by atoms with van der Waals surface area (Å²) in [6.45, 7) is 13.0. The van der Waals surface area contributed by atoms with Gasteiger partial charge in [0.1, 0.15) is 34.4 Å². The van der Waals surface area contributed by atoms with E-state index in [0.29, 0.717) is 61.7 Å². The van der Waals surface area contributed by atoms with Crippen molar-refractivity contribution in [2.45, 2.75) is 60.0 Å². The highest BCUT2D eigenvalue weighted by molar-refractivity contribution is 5.95. The lowest BCUT2D eigenvalue weighted by Gasteiger charge is -2.21. The van der Waals surface area contributed by atoms with Crippen molar-refractivity contribution in [1.82, 2.24) is 14.5 Å². The Kier molecular flexibility index (Phi) is 6.70. The Morgan fingerprint density at radius 2 is 1.75 bits per heavy atom. The first kappa shape index (κ1) is 27.4. The number of H-pyrrole nitrogens is 1. The summed E-state index contributed by atoms with van der Waals surface area (Å²) in [6, 6.07) is 9.99. The molecule has 0 saturated carbocycles. The van der Waals surface area contributed by atoms with Crippen LogP contribution in [0.2, 0.25) is 0 Å². The van der Waals surface area contributed by atoms with Gasteiger partial charge in [0.05, 0.1) is 11.0 Å². The first-order chi connectivity index (χ1) is 18.7. The molecule has 0 aliphatic rings. The van der Waals surface area contributed by atoms with Gasteiger partial charge in [-0.25, -0.2) is 9.37 Å². The Morgan fingerprint density at radius 3 is 2.38 bits per heavy atom. The molecule has 0 fully saturated rings. The number of aromatic amines is 1. The van der Waals surface area contributed by atoms with Gasteiger partial charge in [-0.05, 0) is 87.6 Å². The summed E-state index contributed by atoms with van der Waals surface area (Å²) in [5.74, 6) is 2.08. The van der Waals surface area contributed by atoms with E-state index >= 15 is 0 Å². The minimum atomic E-state index is -1.14. The molecule has 8 heteroatoms. The number of aryl methyl sites for hydroxylation is 4. The van der Waals surface area contributed by atoms with Gasteiger partial charge in [-0.1, -0.05) is 19.9 Å². The number of hydrogen-bond acceptors (Lipinski definition) is 5. The van der Waals surface area contributed by atoms with E-state index in [1.54, 1.807) is 59.1 Å². The van der Waals surface area contributed by atoms with Gasteiger partial charge in [0, 0.05) is 30.1 Å². The van der Waals surface area contributed by atoms with Crippen LogP contribution in [-0.4, -0.2) is 19.6 Å². The second-order valence-corrected chi connectivity index (χ2v) is 11.3. The maximum Gasteiger partial charge on any atom is 0.261 e. The Labute approximate surface area is 232 Å². The lowest BCUT2D eigenvalue weighted by molar-refractivity contribution is 0.0786. The van der Waals surface area contributed by atoms with Crippen molar-refractivity contribution in [3.8, 4) is 34.1 Å². The number of aromatic nitrogens is 3. The van der Waals surface area contributed by atoms with E-state index in [0.717, 1.165) is 11.5 Å². The third-order valence-electron chi connectivity index (χ3n) is 7.12. The number of halogens is 1. The molecule has 208 valence electrons. The number of nitrogens with zero attached hydrogens (tertiary/aromatic N) is 2. The van der Waals surface area contributed by atoms with E-state index in [-0.39, 0.29) is 17.3 Å². The third kappa shape index (κ3) is 4.84. The average Bonchev–Trinajstić information content (AvgIpc) is 3.47. The van der Waals surface area contributed by atoms with E-state index in [4.69, 9.17) is 9.15 Å². The lowest BCUT2D eigenvalue weighted by atomic mass is 9.93. The first-order valence-corrected chi connectivity index (χ1v) is 13.3. The fraction of sp³-hybridized carbons (Fsp3) is 0.312. The number of aliphatic hydroxyl groups is 1. The zero-order valence-electron chi connectivity index (χ0n) is 24.1. The molecule has 0 saturated heterocycles. The van der Waals surface area contributed by atoms with Gasteiger partial charge < -0.3 is 23.8 Å². The maximum absolute atomic E-state index is 14.0. The highest BCUT2D eigenvalue weighted by atomic mass is 19.1. The van der Waals surface area contributed by atoms with Crippen molar-refractivity contribution in [2.75, 3.05) is 0 Å². The molecule has 0 amide bonds. The molecule has 0 bridgehead atoms. The minimum Gasteiger partial charge on any atom is -0.456 e. The predicted molar refractivity (Wildman–Crippen MR) is 154 cm³/mol. The van der Waals surface area contributed by atoms with Crippen LogP contribution in [0.25, 0.3) is 33.6 Å². The number of rotatable bonds is 6. The topological polar surface area (TPSA) is 93.3 Å². The standard InChI is InChI=1S/C32H34FN3O4/c1-16(2)27-28(35-19(5)34-27)26-14-23-30(40-26)24(15-36(8)31(23)37)22-13-20(32(6,7)38)9-10-25(22)39-29-17(3)11-21(33)12-18(29)4/h9-16,38H,1-8H3,(H,34,35). The number of furan rings is 1. The molecule has 3 aromatic heterocycles. The molecule has 5 aromatic rings. The quantitative estimate of drug-likeness (QED) is 0.233. The maximum atomic E-state index is 14.0. The van der Waals surface area contributed by atoms with Crippen LogP contribution >= 0.6 is 0 Å². The third-order valence-corrected chi connectivity index (χ3v) is 7.12. The number of nitrogens with one attached hydrogen (secondary N) is 1. The van der Waals surface area contributed by atoms with Crippen molar-refractivity contribution >= 4 is 11.0 Å². The molecule has 2 aromatic carbocycles. The van der Waals surface area contributed by atoms with E-state index in [1.165, 1.54) is 16.7 Å². The average molecular weight is 544 g/mol.